The number of anilines is 1. The molecule has 1 unspecified atom stereocenters. The third-order valence-electron chi connectivity index (χ3n) is 5.18. The normalized spacial score (nSPS) is 15.8. The monoisotopic (exact) mass is 454 g/mol. The minimum atomic E-state index is -4.59. The SMILES string of the molecule is COc1ccc(N2CCN(C(CNC(=O)C(=O)NCC(F)(F)F)c3ccco3)CC2)cc1. The molecule has 1 aliphatic heterocycles. The lowest BCUT2D eigenvalue weighted by atomic mass is 10.1. The van der Waals surface area contributed by atoms with Gasteiger partial charge in [-0.25, -0.2) is 0 Å². The number of rotatable bonds is 7. The number of piperazine rings is 1. The molecule has 2 heterocycles. The molecule has 2 N–H and O–H groups in total. The number of halogens is 3. The molecule has 1 saturated heterocycles. The van der Waals surface area contributed by atoms with Crippen molar-refractivity contribution in [2.75, 3.05) is 51.3 Å². The Bertz CT molecular complexity index is 879. The number of benzene rings is 1. The maximum Gasteiger partial charge on any atom is 0.405 e. The Morgan fingerprint density at radius 1 is 1.06 bits per heavy atom. The number of hydrogen-bond acceptors (Lipinski definition) is 6. The van der Waals surface area contributed by atoms with E-state index in [2.05, 4.69) is 15.1 Å². The predicted molar refractivity (Wildman–Crippen MR) is 110 cm³/mol. The fourth-order valence-electron chi connectivity index (χ4n) is 3.51. The summed E-state index contributed by atoms with van der Waals surface area (Å²) in [5, 5.41) is 3.98. The summed E-state index contributed by atoms with van der Waals surface area (Å²) < 4.78 is 47.4. The van der Waals surface area contributed by atoms with Crippen LogP contribution in [0, 0.1) is 0 Å². The van der Waals surface area contributed by atoms with E-state index < -0.39 is 24.5 Å². The smallest absolute Gasteiger partial charge is 0.405 e. The molecule has 1 aromatic carbocycles. The molecule has 11 heteroatoms. The molecule has 32 heavy (non-hydrogen) atoms. The summed E-state index contributed by atoms with van der Waals surface area (Å²) in [6.07, 6.45) is -3.08. The molecule has 2 amide bonds. The first-order valence-corrected chi connectivity index (χ1v) is 10.1. The molecule has 2 aromatic rings. The molecule has 0 radical (unpaired) electrons. The van der Waals surface area contributed by atoms with Crippen molar-refractivity contribution in [3.63, 3.8) is 0 Å². The average molecular weight is 454 g/mol. The van der Waals surface area contributed by atoms with Crippen LogP contribution in [0.5, 0.6) is 5.75 Å². The van der Waals surface area contributed by atoms with Crippen LogP contribution in [0.15, 0.2) is 47.1 Å². The summed E-state index contributed by atoms with van der Waals surface area (Å²) in [6.45, 7) is 1.23. The molecular formula is C21H25F3N4O4. The van der Waals surface area contributed by atoms with Crippen LogP contribution in [0.4, 0.5) is 18.9 Å². The highest BCUT2D eigenvalue weighted by atomic mass is 19.4. The van der Waals surface area contributed by atoms with Crippen LogP contribution in [0.3, 0.4) is 0 Å². The molecule has 0 bridgehead atoms. The van der Waals surface area contributed by atoms with E-state index in [0.29, 0.717) is 18.8 Å². The first-order valence-electron chi connectivity index (χ1n) is 10.1. The van der Waals surface area contributed by atoms with Crippen LogP contribution < -0.4 is 20.3 Å². The Morgan fingerprint density at radius 3 is 2.28 bits per heavy atom. The Balaban J connectivity index is 1.57. The van der Waals surface area contributed by atoms with Gasteiger partial charge >= 0.3 is 18.0 Å². The first kappa shape index (κ1) is 23.5. The van der Waals surface area contributed by atoms with Gasteiger partial charge in [0, 0.05) is 38.4 Å². The second-order valence-corrected chi connectivity index (χ2v) is 7.26. The van der Waals surface area contributed by atoms with Gasteiger partial charge in [0.2, 0.25) is 0 Å². The zero-order valence-electron chi connectivity index (χ0n) is 17.5. The van der Waals surface area contributed by atoms with Crippen LogP contribution in [-0.4, -0.2) is 69.3 Å². The molecule has 1 fully saturated rings. The van der Waals surface area contributed by atoms with Gasteiger partial charge in [0.1, 0.15) is 18.1 Å². The largest absolute Gasteiger partial charge is 0.497 e. The lowest BCUT2D eigenvalue weighted by Crippen LogP contribution is -2.51. The van der Waals surface area contributed by atoms with Crippen molar-refractivity contribution in [1.82, 2.24) is 15.5 Å². The highest BCUT2D eigenvalue weighted by Crippen LogP contribution is 2.25. The first-order chi connectivity index (χ1) is 15.3. The van der Waals surface area contributed by atoms with Gasteiger partial charge in [-0.05, 0) is 36.4 Å². The van der Waals surface area contributed by atoms with Crippen molar-refractivity contribution >= 4 is 17.5 Å². The van der Waals surface area contributed by atoms with E-state index in [9.17, 15) is 22.8 Å². The van der Waals surface area contributed by atoms with Crippen molar-refractivity contribution in [3.8, 4) is 5.75 Å². The third-order valence-corrected chi connectivity index (χ3v) is 5.18. The summed E-state index contributed by atoms with van der Waals surface area (Å²) in [5.74, 6) is -1.08. The van der Waals surface area contributed by atoms with E-state index in [0.717, 1.165) is 24.5 Å². The Hall–Kier alpha value is -3.21. The number of furan rings is 1. The number of ether oxygens (including phenoxy) is 1. The number of alkyl halides is 3. The topological polar surface area (TPSA) is 87.0 Å². The fourth-order valence-corrected chi connectivity index (χ4v) is 3.51. The van der Waals surface area contributed by atoms with E-state index >= 15 is 0 Å². The molecule has 3 rings (SSSR count). The number of nitrogens with one attached hydrogen (secondary N) is 2. The molecule has 1 atom stereocenters. The minimum Gasteiger partial charge on any atom is -0.497 e. The fraction of sp³-hybridized carbons (Fsp3) is 0.429. The van der Waals surface area contributed by atoms with Gasteiger partial charge in [0.05, 0.1) is 19.4 Å². The highest BCUT2D eigenvalue weighted by molar-refractivity contribution is 6.35. The molecule has 1 aliphatic rings. The number of carbonyl (C=O) groups excluding carboxylic acids is 2. The van der Waals surface area contributed by atoms with Crippen LogP contribution in [0.25, 0.3) is 0 Å². The van der Waals surface area contributed by atoms with Gasteiger partial charge in [-0.15, -0.1) is 0 Å². The molecular weight excluding hydrogens is 429 g/mol. The lowest BCUT2D eigenvalue weighted by Gasteiger charge is -2.39. The Kier molecular flexibility index (Phi) is 7.62. The third kappa shape index (κ3) is 6.39. The zero-order valence-corrected chi connectivity index (χ0v) is 17.5. The van der Waals surface area contributed by atoms with Crippen LogP contribution in [0.2, 0.25) is 0 Å². The van der Waals surface area contributed by atoms with Crippen LogP contribution in [0.1, 0.15) is 11.8 Å². The van der Waals surface area contributed by atoms with E-state index in [1.165, 1.54) is 6.26 Å². The van der Waals surface area contributed by atoms with E-state index in [4.69, 9.17) is 9.15 Å². The van der Waals surface area contributed by atoms with E-state index in [1.54, 1.807) is 24.6 Å². The molecule has 0 spiro atoms. The standard InChI is InChI=1S/C21H25F3N4O4/c1-31-16-6-4-15(5-7-16)27-8-10-28(11-9-27)17(18-3-2-12-32-18)13-25-19(29)20(30)26-14-21(22,23)24/h2-7,12,17H,8-11,13-14H2,1H3,(H,25,29)(H,26,30). The van der Waals surface area contributed by atoms with Gasteiger partial charge in [-0.3, -0.25) is 14.5 Å². The van der Waals surface area contributed by atoms with Gasteiger partial charge in [0.25, 0.3) is 0 Å². The zero-order chi connectivity index (χ0) is 23.1. The van der Waals surface area contributed by atoms with Gasteiger partial charge in [-0.2, -0.15) is 13.2 Å². The summed E-state index contributed by atoms with van der Waals surface area (Å²) in [7, 11) is 1.61. The van der Waals surface area contributed by atoms with Gasteiger partial charge in [0.15, 0.2) is 0 Å². The molecule has 0 aliphatic carbocycles. The summed E-state index contributed by atoms with van der Waals surface area (Å²) in [6, 6.07) is 10.9. The maximum atomic E-state index is 12.2. The van der Waals surface area contributed by atoms with Crippen molar-refractivity contribution in [2.45, 2.75) is 12.2 Å². The van der Waals surface area contributed by atoms with Crippen LogP contribution >= 0.6 is 0 Å². The quantitative estimate of drug-likeness (QED) is 0.622. The molecule has 0 saturated carbocycles. The van der Waals surface area contributed by atoms with Crippen molar-refractivity contribution in [1.29, 1.82) is 0 Å². The second kappa shape index (κ2) is 10.4. The summed E-state index contributed by atoms with van der Waals surface area (Å²) in [5.41, 5.74) is 1.06. The molecule has 8 nitrogen and oxygen atoms in total. The lowest BCUT2D eigenvalue weighted by molar-refractivity contribution is -0.146. The number of hydrogen-bond donors (Lipinski definition) is 2. The minimum absolute atomic E-state index is 0.0221. The van der Waals surface area contributed by atoms with Crippen molar-refractivity contribution in [2.24, 2.45) is 0 Å². The number of methoxy groups -OCH3 is 1. The number of nitrogens with zero attached hydrogens (tertiary/aromatic N) is 2. The van der Waals surface area contributed by atoms with Crippen LogP contribution in [-0.2, 0) is 9.59 Å². The predicted octanol–water partition coefficient (Wildman–Crippen LogP) is 1.95. The van der Waals surface area contributed by atoms with Crippen molar-refractivity contribution in [3.05, 3.63) is 48.4 Å². The van der Waals surface area contributed by atoms with Gasteiger partial charge in [-0.1, -0.05) is 0 Å². The Labute approximate surface area is 183 Å². The second-order valence-electron chi connectivity index (χ2n) is 7.26. The van der Waals surface area contributed by atoms with E-state index in [-0.39, 0.29) is 12.6 Å². The van der Waals surface area contributed by atoms with Gasteiger partial charge < -0.3 is 24.7 Å². The summed E-state index contributed by atoms with van der Waals surface area (Å²) >= 11 is 0. The number of amides is 2. The van der Waals surface area contributed by atoms with E-state index in [1.807, 2.05) is 24.3 Å². The maximum absolute atomic E-state index is 12.2. The summed E-state index contributed by atoms with van der Waals surface area (Å²) in [4.78, 5) is 27.9. The number of carbonyl (C=O) groups is 2. The highest BCUT2D eigenvalue weighted by Gasteiger charge is 2.31. The Morgan fingerprint density at radius 2 is 1.72 bits per heavy atom. The molecule has 1 aromatic heterocycles. The average Bonchev–Trinajstić information content (AvgIpc) is 3.32. The molecule has 174 valence electrons. The van der Waals surface area contributed by atoms with Crippen molar-refractivity contribution < 1.29 is 31.9 Å².